The van der Waals surface area contributed by atoms with Gasteiger partial charge in [0.25, 0.3) is 0 Å². The molecule has 0 radical (unpaired) electrons. The fraction of sp³-hybridized carbons (Fsp3) is 0.500. The lowest BCUT2D eigenvalue weighted by molar-refractivity contribution is -0.103. The first-order chi connectivity index (χ1) is 16.5. The minimum Gasteiger partial charge on any atom is -0.364 e. The van der Waals surface area contributed by atoms with Gasteiger partial charge in [0.15, 0.2) is 12.6 Å². The Bertz CT molecular complexity index is 842. The highest BCUT2D eigenvalue weighted by Crippen LogP contribution is 2.20. The van der Waals surface area contributed by atoms with E-state index in [1.165, 1.54) is 0 Å². The molecular weight excluding hydrogens is 458 g/mol. The first kappa shape index (κ1) is 26.7. The molecule has 7 N–H and O–H groups in total. The van der Waals surface area contributed by atoms with Crippen LogP contribution in [0.15, 0.2) is 48.5 Å². The third-order valence-electron chi connectivity index (χ3n) is 5.23. The van der Waals surface area contributed by atoms with E-state index in [1.54, 1.807) is 0 Å². The normalized spacial score (nSPS) is 22.2. The summed E-state index contributed by atoms with van der Waals surface area (Å²) in [5.74, 6) is 0. The molecule has 1 aliphatic heterocycles. The fourth-order valence-corrected chi connectivity index (χ4v) is 3.60. The highest BCUT2D eigenvalue weighted by atomic mass is 35.5. The van der Waals surface area contributed by atoms with Crippen molar-refractivity contribution in [3.05, 3.63) is 59.7 Å². The molecule has 2 aromatic carbocycles. The number of aliphatic hydroxyl groups is 2. The Labute approximate surface area is 206 Å². The third-order valence-corrected chi connectivity index (χ3v) is 5.48. The van der Waals surface area contributed by atoms with Crippen LogP contribution in [0.2, 0.25) is 0 Å². The van der Waals surface area contributed by atoms with Crippen LogP contribution in [0.4, 0.5) is 11.4 Å². The van der Waals surface area contributed by atoms with E-state index in [0.717, 1.165) is 30.6 Å². The summed E-state index contributed by atoms with van der Waals surface area (Å²) in [6.07, 6.45) is 0.285. The molecule has 0 bridgehead atoms. The van der Waals surface area contributed by atoms with E-state index in [1.807, 2.05) is 55.5 Å². The number of alkyl halides is 1. The van der Waals surface area contributed by atoms with E-state index in [9.17, 15) is 10.2 Å². The summed E-state index contributed by atoms with van der Waals surface area (Å²) in [5, 5.41) is 36.5. The van der Waals surface area contributed by atoms with Crippen LogP contribution in [-0.4, -0.2) is 41.6 Å². The van der Waals surface area contributed by atoms with Crippen LogP contribution >= 0.6 is 11.6 Å². The number of unbranched alkanes of at least 4 members (excludes halogenated alkanes) is 1. The Hall–Kier alpha value is -1.95. The SMILES string of the molecule is CCCCOC(O)c1ccc(NC2NC(Cl)NC(Nc3ccc(C(O)OCCC)cc3)N2)cc1. The molecule has 3 rings (SSSR count). The molecule has 0 spiro atoms. The molecule has 0 saturated carbocycles. The van der Waals surface area contributed by atoms with Crippen molar-refractivity contribution in [3.8, 4) is 0 Å². The summed E-state index contributed by atoms with van der Waals surface area (Å²) in [4.78, 5) is 0. The van der Waals surface area contributed by atoms with Crippen molar-refractivity contribution in [1.29, 1.82) is 0 Å². The average Bonchev–Trinajstić information content (AvgIpc) is 2.83. The van der Waals surface area contributed by atoms with Crippen LogP contribution in [0, 0.1) is 0 Å². The molecule has 5 atom stereocenters. The van der Waals surface area contributed by atoms with Gasteiger partial charge in [0, 0.05) is 29.1 Å². The van der Waals surface area contributed by atoms with Gasteiger partial charge in [-0.15, -0.1) is 0 Å². The topological polar surface area (TPSA) is 119 Å². The van der Waals surface area contributed by atoms with Crippen molar-refractivity contribution >= 4 is 23.0 Å². The maximum atomic E-state index is 10.1. The standard InChI is InChI=1S/C24H36ClN5O4/c1-3-5-15-34-21(32)17-8-12-19(13-9-17)27-24-29-22(25)28-23(30-24)26-18-10-6-16(7-11-18)20(31)33-14-4-2/h6-13,20-24,26-32H,3-5,14-15H2,1-2H3. The van der Waals surface area contributed by atoms with Crippen LogP contribution < -0.4 is 26.6 Å². The van der Waals surface area contributed by atoms with Gasteiger partial charge < -0.3 is 30.3 Å². The minimum absolute atomic E-state index is 0.318. The summed E-state index contributed by atoms with van der Waals surface area (Å²) in [6, 6.07) is 14.8. The molecule has 1 saturated heterocycles. The van der Waals surface area contributed by atoms with Crippen LogP contribution in [0.1, 0.15) is 56.8 Å². The van der Waals surface area contributed by atoms with E-state index in [4.69, 9.17) is 21.1 Å². The smallest absolute Gasteiger partial charge is 0.181 e. The molecular formula is C24H36ClN5O4. The van der Waals surface area contributed by atoms with Crippen LogP contribution in [-0.2, 0) is 9.47 Å². The summed E-state index contributed by atoms with van der Waals surface area (Å²) in [6.45, 7) is 5.11. The zero-order valence-corrected chi connectivity index (χ0v) is 20.4. The van der Waals surface area contributed by atoms with Gasteiger partial charge in [-0.05, 0) is 37.1 Å². The third kappa shape index (κ3) is 8.37. The number of nitrogens with one attached hydrogen (secondary N) is 5. The predicted octanol–water partition coefficient (Wildman–Crippen LogP) is 3.31. The van der Waals surface area contributed by atoms with Crippen molar-refractivity contribution in [2.75, 3.05) is 23.8 Å². The maximum absolute atomic E-state index is 10.1. The Balaban J connectivity index is 1.52. The summed E-state index contributed by atoms with van der Waals surface area (Å²) in [7, 11) is 0. The lowest BCUT2D eigenvalue weighted by atomic mass is 10.2. The lowest BCUT2D eigenvalue weighted by Gasteiger charge is -2.37. The molecule has 0 aliphatic carbocycles. The van der Waals surface area contributed by atoms with Gasteiger partial charge in [-0.1, -0.05) is 56.1 Å². The number of aliphatic hydroxyl groups excluding tert-OH is 2. The number of rotatable bonds is 13. The van der Waals surface area contributed by atoms with E-state index in [0.29, 0.717) is 24.3 Å². The number of hydrogen-bond acceptors (Lipinski definition) is 9. The van der Waals surface area contributed by atoms with Crippen molar-refractivity contribution in [2.45, 2.75) is 63.9 Å². The van der Waals surface area contributed by atoms with Crippen LogP contribution in [0.3, 0.4) is 0 Å². The minimum atomic E-state index is -0.930. The maximum Gasteiger partial charge on any atom is 0.181 e. The number of halogens is 1. The fourth-order valence-electron chi connectivity index (χ4n) is 3.35. The highest BCUT2D eigenvalue weighted by molar-refractivity contribution is 6.20. The molecule has 1 aliphatic rings. The predicted molar refractivity (Wildman–Crippen MR) is 134 cm³/mol. The van der Waals surface area contributed by atoms with Crippen LogP contribution in [0.5, 0.6) is 0 Å². The number of anilines is 2. The van der Waals surface area contributed by atoms with Gasteiger partial charge >= 0.3 is 0 Å². The second-order valence-corrected chi connectivity index (χ2v) is 8.50. The number of benzene rings is 2. The lowest BCUT2D eigenvalue weighted by Crippen LogP contribution is -2.70. The first-order valence-corrected chi connectivity index (χ1v) is 12.2. The molecule has 34 heavy (non-hydrogen) atoms. The van der Waals surface area contributed by atoms with E-state index < -0.39 is 18.2 Å². The van der Waals surface area contributed by atoms with Gasteiger partial charge in [0.1, 0.15) is 18.2 Å². The van der Waals surface area contributed by atoms with Crippen molar-refractivity contribution < 1.29 is 19.7 Å². The second-order valence-electron chi connectivity index (χ2n) is 8.06. The molecule has 188 valence electrons. The zero-order chi connectivity index (χ0) is 24.3. The van der Waals surface area contributed by atoms with E-state index >= 15 is 0 Å². The molecule has 0 amide bonds. The van der Waals surface area contributed by atoms with Gasteiger partial charge in [0.05, 0.1) is 6.61 Å². The highest BCUT2D eigenvalue weighted by Gasteiger charge is 2.25. The van der Waals surface area contributed by atoms with E-state index in [-0.39, 0.29) is 12.6 Å². The van der Waals surface area contributed by atoms with Gasteiger partial charge in [-0.2, -0.15) is 0 Å². The first-order valence-electron chi connectivity index (χ1n) is 11.7. The van der Waals surface area contributed by atoms with Gasteiger partial charge in [0.2, 0.25) is 0 Å². The molecule has 0 aromatic heterocycles. The van der Waals surface area contributed by atoms with Crippen molar-refractivity contribution in [2.24, 2.45) is 0 Å². The van der Waals surface area contributed by atoms with Crippen molar-refractivity contribution in [3.63, 3.8) is 0 Å². The van der Waals surface area contributed by atoms with Crippen molar-refractivity contribution in [1.82, 2.24) is 16.0 Å². The second kappa shape index (κ2) is 13.8. The number of ether oxygens (including phenoxy) is 2. The monoisotopic (exact) mass is 493 g/mol. The van der Waals surface area contributed by atoms with Crippen LogP contribution in [0.25, 0.3) is 0 Å². The molecule has 1 fully saturated rings. The quantitative estimate of drug-likeness (QED) is 0.0975. The summed E-state index contributed by atoms with van der Waals surface area (Å²) >= 11 is 6.34. The Morgan fingerprint density at radius 1 is 0.765 bits per heavy atom. The van der Waals surface area contributed by atoms with E-state index in [2.05, 4.69) is 33.5 Å². The molecule has 9 nitrogen and oxygen atoms in total. The summed E-state index contributed by atoms with van der Waals surface area (Å²) < 4.78 is 10.8. The Kier molecular flexibility index (Phi) is 10.8. The molecule has 2 aromatic rings. The zero-order valence-electron chi connectivity index (χ0n) is 19.6. The van der Waals surface area contributed by atoms with Gasteiger partial charge in [-0.25, -0.2) is 0 Å². The largest absolute Gasteiger partial charge is 0.364 e. The Morgan fingerprint density at radius 3 is 1.68 bits per heavy atom. The number of hydrogen-bond donors (Lipinski definition) is 7. The molecule has 1 heterocycles. The summed E-state index contributed by atoms with van der Waals surface area (Å²) in [5.41, 5.74) is 2.63. The average molecular weight is 494 g/mol. The Morgan fingerprint density at radius 2 is 1.24 bits per heavy atom. The molecule has 5 unspecified atom stereocenters. The van der Waals surface area contributed by atoms with Gasteiger partial charge in [-0.3, -0.25) is 16.0 Å². The molecule has 10 heteroatoms.